The lowest BCUT2D eigenvalue weighted by atomic mass is 10.2. The highest BCUT2D eigenvalue weighted by molar-refractivity contribution is 8.00. The van der Waals surface area contributed by atoms with Crippen LogP contribution in [0.5, 0.6) is 23.0 Å². The van der Waals surface area contributed by atoms with Gasteiger partial charge in [0.2, 0.25) is 19.5 Å². The molecule has 2 aliphatic rings. The Morgan fingerprint density at radius 1 is 0.889 bits per heavy atom. The molecule has 0 radical (unpaired) electrons. The molecule has 36 heavy (non-hydrogen) atoms. The fraction of sp³-hybridized carbons (Fsp3) is 0.192. The number of benzene rings is 3. The second-order valence-electron chi connectivity index (χ2n) is 8.14. The highest BCUT2D eigenvalue weighted by Gasteiger charge is 2.22. The lowest BCUT2D eigenvalue weighted by Crippen LogP contribution is -2.24. The quantitative estimate of drug-likeness (QED) is 0.256. The Balaban J connectivity index is 1.24. The molecule has 4 aromatic rings. The summed E-state index contributed by atoms with van der Waals surface area (Å²) in [6.07, 6.45) is 0.599. The summed E-state index contributed by atoms with van der Waals surface area (Å²) in [6.45, 7) is 2.36. The Hall–Kier alpha value is -4.18. The number of amides is 1. The van der Waals surface area contributed by atoms with E-state index in [1.807, 2.05) is 49.4 Å². The first-order valence-corrected chi connectivity index (χ1v) is 12.3. The molecule has 0 spiro atoms. The van der Waals surface area contributed by atoms with Gasteiger partial charge in [0.1, 0.15) is 5.82 Å². The van der Waals surface area contributed by atoms with E-state index in [1.54, 1.807) is 18.2 Å². The summed E-state index contributed by atoms with van der Waals surface area (Å²) >= 11 is 1.33. The molecule has 0 saturated heterocycles. The summed E-state index contributed by atoms with van der Waals surface area (Å²) < 4.78 is 21.7. The Morgan fingerprint density at radius 2 is 1.56 bits per heavy atom. The van der Waals surface area contributed by atoms with Gasteiger partial charge in [-0.25, -0.2) is 9.97 Å². The molecule has 3 heterocycles. The number of ether oxygens (including phenoxy) is 4. The fourth-order valence-corrected chi connectivity index (χ4v) is 4.84. The van der Waals surface area contributed by atoms with Crippen molar-refractivity contribution in [2.45, 2.75) is 23.8 Å². The maximum absolute atomic E-state index is 13.1. The summed E-state index contributed by atoms with van der Waals surface area (Å²) in [7, 11) is 0. The molecular weight excluding hydrogens is 480 g/mol. The summed E-state index contributed by atoms with van der Waals surface area (Å²) in [6, 6.07) is 18.7. The van der Waals surface area contributed by atoms with Crippen molar-refractivity contribution in [3.05, 3.63) is 60.7 Å². The molecule has 1 amide bonds. The second-order valence-corrected chi connectivity index (χ2v) is 9.31. The van der Waals surface area contributed by atoms with Crippen molar-refractivity contribution in [1.29, 1.82) is 0 Å². The van der Waals surface area contributed by atoms with Crippen LogP contribution in [0, 0.1) is 0 Å². The highest BCUT2D eigenvalue weighted by Crippen LogP contribution is 2.37. The molecule has 182 valence electrons. The average Bonchev–Trinajstić information content (AvgIpc) is 3.56. The maximum atomic E-state index is 13.1. The van der Waals surface area contributed by atoms with Gasteiger partial charge in [-0.1, -0.05) is 30.8 Å². The normalized spacial score (nSPS) is 14.0. The van der Waals surface area contributed by atoms with Gasteiger partial charge < -0.3 is 29.6 Å². The highest BCUT2D eigenvalue weighted by atomic mass is 32.2. The third-order valence-electron chi connectivity index (χ3n) is 5.77. The third kappa shape index (κ3) is 4.42. The zero-order chi connectivity index (χ0) is 24.5. The molecule has 0 bridgehead atoms. The van der Waals surface area contributed by atoms with Crippen molar-refractivity contribution in [3.63, 3.8) is 0 Å². The van der Waals surface area contributed by atoms with Crippen molar-refractivity contribution >= 4 is 45.8 Å². The average molecular weight is 503 g/mol. The number of carbonyl (C=O) groups excluding carboxylic acids is 1. The maximum Gasteiger partial charge on any atom is 0.237 e. The molecule has 0 aliphatic carbocycles. The number of hydrogen-bond acceptors (Lipinski definition) is 9. The van der Waals surface area contributed by atoms with Crippen LogP contribution in [0.3, 0.4) is 0 Å². The molecule has 0 unspecified atom stereocenters. The first-order chi connectivity index (χ1) is 17.7. The van der Waals surface area contributed by atoms with Crippen molar-refractivity contribution in [3.8, 4) is 23.0 Å². The van der Waals surface area contributed by atoms with E-state index in [1.165, 1.54) is 11.8 Å². The number of para-hydroxylation sites is 1. The largest absolute Gasteiger partial charge is 0.454 e. The zero-order valence-electron chi connectivity index (χ0n) is 19.3. The van der Waals surface area contributed by atoms with Crippen LogP contribution in [-0.4, -0.2) is 34.7 Å². The SMILES string of the molecule is CC[C@H](Sc1nc(Nc2ccc3c(c2)OCO3)c2ccccc2n1)C(=O)Nc1ccc2c(c1)OCO2. The zero-order valence-corrected chi connectivity index (χ0v) is 20.1. The molecule has 2 aliphatic heterocycles. The van der Waals surface area contributed by atoms with Gasteiger partial charge in [0, 0.05) is 28.9 Å². The molecule has 0 saturated carbocycles. The van der Waals surface area contributed by atoms with Gasteiger partial charge in [-0.05, 0) is 42.8 Å². The van der Waals surface area contributed by atoms with E-state index in [0.717, 1.165) is 16.6 Å². The molecule has 10 heteroatoms. The minimum atomic E-state index is -0.394. The van der Waals surface area contributed by atoms with Gasteiger partial charge in [-0.2, -0.15) is 0 Å². The topological polar surface area (TPSA) is 104 Å². The summed E-state index contributed by atoms with van der Waals surface area (Å²) in [5.74, 6) is 3.19. The number of anilines is 3. The predicted molar refractivity (Wildman–Crippen MR) is 137 cm³/mol. The van der Waals surface area contributed by atoms with E-state index in [0.29, 0.717) is 46.1 Å². The molecule has 9 nitrogen and oxygen atoms in total. The van der Waals surface area contributed by atoms with Crippen molar-refractivity contribution in [1.82, 2.24) is 9.97 Å². The van der Waals surface area contributed by atoms with Crippen LogP contribution in [0.25, 0.3) is 10.9 Å². The molecule has 6 rings (SSSR count). The lowest BCUT2D eigenvalue weighted by Gasteiger charge is -2.16. The van der Waals surface area contributed by atoms with E-state index in [-0.39, 0.29) is 19.5 Å². The Bertz CT molecular complexity index is 1460. The molecule has 3 aromatic carbocycles. The molecule has 1 aromatic heterocycles. The number of nitrogens with one attached hydrogen (secondary N) is 2. The molecule has 2 N–H and O–H groups in total. The van der Waals surface area contributed by atoms with E-state index in [9.17, 15) is 4.79 Å². The van der Waals surface area contributed by atoms with Crippen LogP contribution in [0.2, 0.25) is 0 Å². The molecule has 0 fully saturated rings. The minimum absolute atomic E-state index is 0.136. The lowest BCUT2D eigenvalue weighted by molar-refractivity contribution is -0.115. The van der Waals surface area contributed by atoms with E-state index in [4.69, 9.17) is 28.9 Å². The van der Waals surface area contributed by atoms with Gasteiger partial charge in [0.25, 0.3) is 0 Å². The summed E-state index contributed by atoms with van der Waals surface area (Å²) in [5.41, 5.74) is 2.24. The molecular formula is C26H22N4O5S. The van der Waals surface area contributed by atoms with Crippen molar-refractivity contribution in [2.75, 3.05) is 24.2 Å². The van der Waals surface area contributed by atoms with Crippen LogP contribution in [0.15, 0.2) is 65.8 Å². The monoisotopic (exact) mass is 502 g/mol. The number of hydrogen-bond donors (Lipinski definition) is 2. The Labute approximate surface area is 211 Å². The van der Waals surface area contributed by atoms with Crippen molar-refractivity contribution < 1.29 is 23.7 Å². The van der Waals surface area contributed by atoms with Gasteiger partial charge in [-0.15, -0.1) is 0 Å². The molecule has 1 atom stereocenters. The second kappa shape index (κ2) is 9.46. The standard InChI is InChI=1S/C26H22N4O5S/c1-2-23(25(31)28-16-8-10-20-22(12-16)35-14-33-20)36-26-29-18-6-4-3-5-17(18)24(30-26)27-15-7-9-19-21(11-15)34-13-32-19/h3-12,23H,2,13-14H2,1H3,(H,28,31)(H,27,29,30)/t23-/m0/s1. The van der Waals surface area contributed by atoms with Gasteiger partial charge in [0.05, 0.1) is 10.8 Å². The minimum Gasteiger partial charge on any atom is -0.454 e. The summed E-state index contributed by atoms with van der Waals surface area (Å²) in [5, 5.41) is 7.32. The van der Waals surface area contributed by atoms with Crippen LogP contribution in [0.1, 0.15) is 13.3 Å². The number of rotatable bonds is 7. The smallest absolute Gasteiger partial charge is 0.237 e. The first-order valence-electron chi connectivity index (χ1n) is 11.5. The predicted octanol–water partition coefficient (Wildman–Crippen LogP) is 5.34. The first kappa shape index (κ1) is 22.3. The van der Waals surface area contributed by atoms with E-state index < -0.39 is 5.25 Å². The Morgan fingerprint density at radius 3 is 2.31 bits per heavy atom. The van der Waals surface area contributed by atoms with Gasteiger partial charge >= 0.3 is 0 Å². The van der Waals surface area contributed by atoms with Crippen LogP contribution >= 0.6 is 11.8 Å². The van der Waals surface area contributed by atoms with E-state index in [2.05, 4.69) is 10.6 Å². The van der Waals surface area contributed by atoms with Crippen LogP contribution in [-0.2, 0) is 4.79 Å². The number of fused-ring (bicyclic) bond motifs is 3. The Kier molecular flexibility index (Phi) is 5.86. The van der Waals surface area contributed by atoms with Crippen LogP contribution < -0.4 is 29.6 Å². The number of aromatic nitrogens is 2. The van der Waals surface area contributed by atoms with Gasteiger partial charge in [-0.3, -0.25) is 4.79 Å². The summed E-state index contributed by atoms with van der Waals surface area (Å²) in [4.78, 5) is 22.6. The third-order valence-corrected chi connectivity index (χ3v) is 6.99. The van der Waals surface area contributed by atoms with Gasteiger partial charge in [0.15, 0.2) is 28.2 Å². The van der Waals surface area contributed by atoms with Crippen LogP contribution in [0.4, 0.5) is 17.2 Å². The number of thioether (sulfide) groups is 1. The number of nitrogens with zero attached hydrogens (tertiary/aromatic N) is 2. The number of carbonyl (C=O) groups is 1. The fourth-order valence-electron chi connectivity index (χ4n) is 3.96. The van der Waals surface area contributed by atoms with E-state index >= 15 is 0 Å². The van der Waals surface area contributed by atoms with Crippen molar-refractivity contribution in [2.24, 2.45) is 0 Å².